The second-order valence-electron chi connectivity index (χ2n) is 4.46. The first-order valence-electron chi connectivity index (χ1n) is 5.75. The first-order valence-corrected chi connectivity index (χ1v) is 6.83. The van der Waals surface area contributed by atoms with Gasteiger partial charge in [0, 0.05) is 0 Å². The third-order valence-corrected chi connectivity index (χ3v) is 4.41. The molecule has 20 heavy (non-hydrogen) atoms. The highest BCUT2D eigenvalue weighted by Gasteiger charge is 2.55. The van der Waals surface area contributed by atoms with E-state index in [-0.39, 0.29) is 5.82 Å². The van der Waals surface area contributed by atoms with Crippen LogP contribution in [0.15, 0.2) is 12.7 Å². The maximum atomic E-state index is 10.4. The molecule has 0 unspecified atom stereocenters. The summed E-state index contributed by atoms with van der Waals surface area (Å²) in [5, 5.41) is 29.6. The summed E-state index contributed by atoms with van der Waals surface area (Å²) in [7, 11) is 0. The zero-order chi connectivity index (χ0) is 14.5. The molecular weight excluding hydrogens is 381 g/mol. The van der Waals surface area contributed by atoms with Gasteiger partial charge >= 0.3 is 0 Å². The van der Waals surface area contributed by atoms with E-state index in [1.165, 1.54) is 17.2 Å². The van der Waals surface area contributed by atoms with E-state index >= 15 is 0 Å². The number of aliphatic hydroxyl groups excluding tert-OH is 2. The summed E-state index contributed by atoms with van der Waals surface area (Å²) in [4.78, 5) is 12.0. The first kappa shape index (κ1) is 13.9. The third-order valence-electron chi connectivity index (χ3n) is 3.24. The number of alkyl halides is 1. The van der Waals surface area contributed by atoms with Gasteiger partial charge in [0.15, 0.2) is 21.3 Å². The van der Waals surface area contributed by atoms with Crippen LogP contribution in [0, 0.1) is 0 Å². The molecule has 0 aliphatic carbocycles. The number of hydrogen-bond acceptors (Lipinski definition) is 8. The summed E-state index contributed by atoms with van der Waals surface area (Å²) in [6.45, 7) is -0.410. The average Bonchev–Trinajstić information content (AvgIpc) is 2.92. The Morgan fingerprint density at radius 3 is 2.85 bits per heavy atom. The van der Waals surface area contributed by atoms with Crippen LogP contribution in [0.5, 0.6) is 0 Å². The van der Waals surface area contributed by atoms with Gasteiger partial charge in [0.1, 0.15) is 24.1 Å². The Morgan fingerprint density at radius 1 is 1.45 bits per heavy atom. The van der Waals surface area contributed by atoms with Crippen molar-refractivity contribution in [3.8, 4) is 0 Å². The molecule has 3 heterocycles. The van der Waals surface area contributed by atoms with E-state index in [4.69, 9.17) is 10.5 Å². The lowest BCUT2D eigenvalue weighted by molar-refractivity contribution is -0.0541. The predicted molar refractivity (Wildman–Crippen MR) is 75.7 cm³/mol. The monoisotopic (exact) mass is 393 g/mol. The molecule has 9 nitrogen and oxygen atoms in total. The van der Waals surface area contributed by atoms with Crippen LogP contribution in [0.2, 0.25) is 0 Å². The molecule has 4 atom stereocenters. The molecule has 2 aromatic rings. The zero-order valence-electron chi connectivity index (χ0n) is 10.1. The van der Waals surface area contributed by atoms with Crippen molar-refractivity contribution in [1.29, 1.82) is 0 Å². The Morgan fingerprint density at radius 2 is 2.20 bits per heavy atom. The lowest BCUT2D eigenvalue weighted by Gasteiger charge is -2.25. The summed E-state index contributed by atoms with van der Waals surface area (Å²) in [5.74, 6) is 0.211. The van der Waals surface area contributed by atoms with E-state index in [0.717, 1.165) is 0 Å². The van der Waals surface area contributed by atoms with Crippen LogP contribution in [-0.2, 0) is 4.74 Å². The molecule has 1 aliphatic heterocycles. The van der Waals surface area contributed by atoms with E-state index < -0.39 is 28.7 Å². The van der Waals surface area contributed by atoms with Gasteiger partial charge in [-0.05, 0) is 22.6 Å². The minimum Gasteiger partial charge on any atom is -0.394 e. The van der Waals surface area contributed by atoms with Crippen LogP contribution < -0.4 is 5.73 Å². The average molecular weight is 393 g/mol. The van der Waals surface area contributed by atoms with Crippen LogP contribution in [0.4, 0.5) is 5.82 Å². The Balaban J connectivity index is 2.10. The topological polar surface area (TPSA) is 140 Å². The van der Waals surface area contributed by atoms with Gasteiger partial charge in [-0.15, -0.1) is 0 Å². The van der Waals surface area contributed by atoms with Gasteiger partial charge in [-0.2, -0.15) is 0 Å². The fourth-order valence-electron chi connectivity index (χ4n) is 2.19. The molecule has 0 amide bonds. The molecule has 0 radical (unpaired) electrons. The highest BCUT2D eigenvalue weighted by atomic mass is 127. The molecule has 10 heteroatoms. The minimum absolute atomic E-state index is 0.211. The Labute approximate surface area is 126 Å². The van der Waals surface area contributed by atoms with Crippen LogP contribution in [0.25, 0.3) is 11.2 Å². The van der Waals surface area contributed by atoms with Crippen molar-refractivity contribution >= 4 is 39.6 Å². The molecular formula is C10H12IN5O4. The molecule has 3 rings (SSSR count). The summed E-state index contributed by atoms with van der Waals surface area (Å²) < 4.78 is 5.33. The van der Waals surface area contributed by atoms with E-state index in [1.807, 2.05) is 0 Å². The number of halogens is 1. The molecule has 1 fully saturated rings. The molecule has 2 aromatic heterocycles. The van der Waals surface area contributed by atoms with Gasteiger partial charge in [0.25, 0.3) is 0 Å². The van der Waals surface area contributed by atoms with Gasteiger partial charge < -0.3 is 25.8 Å². The van der Waals surface area contributed by atoms with Gasteiger partial charge in [-0.1, -0.05) is 0 Å². The number of aliphatic hydroxyl groups is 3. The maximum Gasteiger partial charge on any atom is 0.189 e. The van der Waals surface area contributed by atoms with Crippen molar-refractivity contribution in [1.82, 2.24) is 19.5 Å². The van der Waals surface area contributed by atoms with Gasteiger partial charge in [-0.25, -0.2) is 15.0 Å². The summed E-state index contributed by atoms with van der Waals surface area (Å²) in [6.07, 6.45) is -0.407. The van der Waals surface area contributed by atoms with Gasteiger partial charge in [0.05, 0.1) is 12.9 Å². The Kier molecular flexibility index (Phi) is 3.29. The Hall–Kier alpha value is -1.08. The molecule has 1 saturated heterocycles. The SMILES string of the molecule is Nc1ncnc2c1ncn2[C@@H]1O[C@H](CO)[C@@H](O)[C@]1(O)I. The Bertz CT molecular complexity index is 648. The van der Waals surface area contributed by atoms with Crippen LogP contribution in [-0.4, -0.2) is 57.3 Å². The molecule has 1 aliphatic rings. The van der Waals surface area contributed by atoms with Crippen LogP contribution in [0.3, 0.4) is 0 Å². The highest BCUT2D eigenvalue weighted by Crippen LogP contribution is 2.44. The summed E-state index contributed by atoms with van der Waals surface area (Å²) in [6, 6.07) is 0. The number of imidazole rings is 1. The van der Waals surface area contributed by atoms with Crippen molar-refractivity contribution in [2.24, 2.45) is 0 Å². The second-order valence-corrected chi connectivity index (χ2v) is 6.19. The summed E-state index contributed by atoms with van der Waals surface area (Å²) >= 11 is 1.68. The number of nitrogens with zero attached hydrogens (tertiary/aromatic N) is 4. The van der Waals surface area contributed by atoms with Crippen LogP contribution in [0.1, 0.15) is 6.23 Å². The lowest BCUT2D eigenvalue weighted by atomic mass is 10.1. The fourth-order valence-corrected chi connectivity index (χ4v) is 3.04. The lowest BCUT2D eigenvalue weighted by Crippen LogP contribution is -2.41. The van der Waals surface area contributed by atoms with Gasteiger partial charge in [-0.3, -0.25) is 4.57 Å². The van der Waals surface area contributed by atoms with Crippen molar-refractivity contribution < 1.29 is 20.1 Å². The van der Waals surface area contributed by atoms with Crippen molar-refractivity contribution in [3.05, 3.63) is 12.7 Å². The minimum atomic E-state index is -1.63. The summed E-state index contributed by atoms with van der Waals surface area (Å²) in [5.41, 5.74) is 6.45. The number of fused-ring (bicyclic) bond motifs is 1. The largest absolute Gasteiger partial charge is 0.394 e. The van der Waals surface area contributed by atoms with Crippen molar-refractivity contribution in [3.63, 3.8) is 0 Å². The normalized spacial score (nSPS) is 33.9. The number of anilines is 1. The highest BCUT2D eigenvalue weighted by molar-refractivity contribution is 14.1. The van der Waals surface area contributed by atoms with E-state index in [2.05, 4.69) is 15.0 Å². The maximum absolute atomic E-state index is 10.4. The quantitative estimate of drug-likeness (QED) is 0.368. The number of aromatic nitrogens is 4. The predicted octanol–water partition coefficient (Wildman–Crippen LogP) is -1.22. The molecule has 0 saturated carbocycles. The third kappa shape index (κ3) is 1.87. The smallest absolute Gasteiger partial charge is 0.189 e. The number of rotatable bonds is 2. The van der Waals surface area contributed by atoms with Crippen molar-refractivity contribution in [2.45, 2.75) is 22.0 Å². The molecule has 5 N–H and O–H groups in total. The second kappa shape index (κ2) is 4.73. The molecule has 0 spiro atoms. The fraction of sp³-hybridized carbons (Fsp3) is 0.500. The van der Waals surface area contributed by atoms with E-state index in [0.29, 0.717) is 11.2 Å². The van der Waals surface area contributed by atoms with Gasteiger partial charge in [0.2, 0.25) is 0 Å². The molecule has 0 aromatic carbocycles. The number of hydrogen-bond donors (Lipinski definition) is 4. The van der Waals surface area contributed by atoms with E-state index in [9.17, 15) is 15.3 Å². The first-order chi connectivity index (χ1) is 9.46. The standard InChI is InChI=1S/C10H12IN5O4/c11-10(19)6(18)4(1-17)20-9(10)16-3-15-5-7(12)13-2-14-8(5)16/h2-4,6,9,17-19H,1H2,(H2,12,13,14)/t4-,6-,9-,10-/m1/s1. The molecule has 108 valence electrons. The van der Waals surface area contributed by atoms with Crippen molar-refractivity contribution in [2.75, 3.05) is 12.3 Å². The number of ether oxygens (including phenoxy) is 1. The number of nitrogens with two attached hydrogens (primary N) is 1. The van der Waals surface area contributed by atoms with E-state index in [1.54, 1.807) is 22.6 Å². The number of nitrogen functional groups attached to an aromatic ring is 1. The zero-order valence-corrected chi connectivity index (χ0v) is 12.2. The van der Waals surface area contributed by atoms with Crippen LogP contribution >= 0.6 is 22.6 Å². The molecule has 0 bridgehead atoms.